The van der Waals surface area contributed by atoms with Crippen LogP contribution in [-0.2, 0) is 4.79 Å². The predicted molar refractivity (Wildman–Crippen MR) is 91.7 cm³/mol. The maximum atomic E-state index is 11.9. The standard InChI is InChI=1S/C17H22N2O2S/c1-4-12(2)17(3,21)11-18-15(20)9-10-16-19-13-7-5-6-8-14(13)22-16/h5-10,12,21H,4,11H2,1-3H3,(H,18,20). The Morgan fingerprint density at radius 1 is 1.50 bits per heavy atom. The summed E-state index contributed by atoms with van der Waals surface area (Å²) in [7, 11) is 0. The number of rotatable bonds is 6. The lowest BCUT2D eigenvalue weighted by molar-refractivity contribution is -0.118. The van der Waals surface area contributed by atoms with E-state index < -0.39 is 5.60 Å². The highest BCUT2D eigenvalue weighted by molar-refractivity contribution is 7.19. The van der Waals surface area contributed by atoms with Gasteiger partial charge in [-0.2, -0.15) is 0 Å². The summed E-state index contributed by atoms with van der Waals surface area (Å²) < 4.78 is 1.10. The summed E-state index contributed by atoms with van der Waals surface area (Å²) in [5.41, 5.74) is 0.0425. The number of nitrogens with one attached hydrogen (secondary N) is 1. The molecule has 0 fully saturated rings. The highest BCUT2D eigenvalue weighted by Crippen LogP contribution is 2.22. The van der Waals surface area contributed by atoms with Crippen LogP contribution < -0.4 is 5.32 Å². The molecule has 0 saturated heterocycles. The van der Waals surface area contributed by atoms with Crippen LogP contribution in [0.5, 0.6) is 0 Å². The Morgan fingerprint density at radius 3 is 2.91 bits per heavy atom. The summed E-state index contributed by atoms with van der Waals surface area (Å²) in [5.74, 6) is -0.0936. The van der Waals surface area contributed by atoms with Crippen molar-refractivity contribution in [3.8, 4) is 0 Å². The first-order chi connectivity index (χ1) is 10.4. The monoisotopic (exact) mass is 318 g/mol. The molecular weight excluding hydrogens is 296 g/mol. The molecule has 0 spiro atoms. The van der Waals surface area contributed by atoms with Crippen LogP contribution in [-0.4, -0.2) is 28.1 Å². The van der Waals surface area contributed by atoms with Gasteiger partial charge in [0.25, 0.3) is 0 Å². The van der Waals surface area contributed by atoms with Gasteiger partial charge in [-0.3, -0.25) is 4.79 Å². The fourth-order valence-electron chi connectivity index (χ4n) is 2.05. The SMILES string of the molecule is CCC(C)C(C)(O)CNC(=O)C=Cc1nc2ccccc2s1. The zero-order valence-corrected chi connectivity index (χ0v) is 14.0. The smallest absolute Gasteiger partial charge is 0.244 e. The Bertz CT molecular complexity index is 643. The lowest BCUT2D eigenvalue weighted by Crippen LogP contribution is -2.44. The number of hydrogen-bond acceptors (Lipinski definition) is 4. The third-order valence-electron chi connectivity index (χ3n) is 3.98. The molecule has 0 saturated carbocycles. The molecule has 1 amide bonds. The maximum Gasteiger partial charge on any atom is 0.244 e. The van der Waals surface area contributed by atoms with Gasteiger partial charge in [0.1, 0.15) is 5.01 Å². The predicted octanol–water partition coefficient (Wildman–Crippen LogP) is 3.22. The first kappa shape index (κ1) is 16.6. The average molecular weight is 318 g/mol. The number of carbonyl (C=O) groups is 1. The summed E-state index contributed by atoms with van der Waals surface area (Å²) in [6.07, 6.45) is 4.03. The molecule has 0 aliphatic rings. The highest BCUT2D eigenvalue weighted by atomic mass is 32.1. The van der Waals surface area contributed by atoms with Crippen LogP contribution in [0, 0.1) is 5.92 Å². The van der Waals surface area contributed by atoms with Gasteiger partial charge >= 0.3 is 0 Å². The molecule has 4 nitrogen and oxygen atoms in total. The van der Waals surface area contributed by atoms with Crippen molar-refractivity contribution in [3.63, 3.8) is 0 Å². The lowest BCUT2D eigenvalue weighted by Gasteiger charge is -2.29. The molecular formula is C17H22N2O2S. The number of fused-ring (bicyclic) bond motifs is 1. The van der Waals surface area contributed by atoms with Crippen LogP contribution in [0.4, 0.5) is 0 Å². The summed E-state index contributed by atoms with van der Waals surface area (Å²) in [6, 6.07) is 7.87. The largest absolute Gasteiger partial charge is 0.388 e. The van der Waals surface area contributed by atoms with Crippen molar-refractivity contribution in [1.82, 2.24) is 10.3 Å². The molecule has 1 aromatic carbocycles. The number of para-hydroxylation sites is 1. The number of aromatic nitrogens is 1. The van der Waals surface area contributed by atoms with Crippen molar-refractivity contribution < 1.29 is 9.90 Å². The van der Waals surface area contributed by atoms with Crippen molar-refractivity contribution in [3.05, 3.63) is 35.3 Å². The molecule has 2 aromatic rings. The summed E-state index contributed by atoms with van der Waals surface area (Å²) in [5, 5.41) is 13.8. The van der Waals surface area contributed by atoms with Gasteiger partial charge in [-0.1, -0.05) is 32.4 Å². The summed E-state index contributed by atoms with van der Waals surface area (Å²) >= 11 is 1.54. The van der Waals surface area contributed by atoms with E-state index in [0.717, 1.165) is 21.6 Å². The van der Waals surface area contributed by atoms with Crippen LogP contribution >= 0.6 is 11.3 Å². The molecule has 2 rings (SSSR count). The van der Waals surface area contributed by atoms with E-state index in [1.54, 1.807) is 24.3 Å². The zero-order chi connectivity index (χ0) is 16.2. The molecule has 0 radical (unpaired) electrons. The first-order valence-corrected chi connectivity index (χ1v) is 8.28. The van der Waals surface area contributed by atoms with Gasteiger partial charge in [0.2, 0.25) is 5.91 Å². The van der Waals surface area contributed by atoms with Gasteiger partial charge in [0.05, 0.1) is 15.8 Å². The van der Waals surface area contributed by atoms with E-state index >= 15 is 0 Å². The minimum Gasteiger partial charge on any atom is -0.388 e. The Labute approximate surface area is 134 Å². The average Bonchev–Trinajstić information content (AvgIpc) is 2.93. The van der Waals surface area contributed by atoms with E-state index in [1.807, 2.05) is 38.1 Å². The van der Waals surface area contributed by atoms with E-state index in [9.17, 15) is 9.90 Å². The number of nitrogens with zero attached hydrogens (tertiary/aromatic N) is 1. The van der Waals surface area contributed by atoms with Crippen molar-refractivity contribution in [2.45, 2.75) is 32.8 Å². The van der Waals surface area contributed by atoms with E-state index in [-0.39, 0.29) is 18.4 Å². The minimum absolute atomic E-state index is 0.126. The second kappa shape index (κ2) is 7.03. The van der Waals surface area contributed by atoms with Crippen molar-refractivity contribution in [2.24, 2.45) is 5.92 Å². The number of hydrogen-bond donors (Lipinski definition) is 2. The number of carbonyl (C=O) groups excluding carboxylic acids is 1. The van der Waals surface area contributed by atoms with E-state index in [4.69, 9.17) is 0 Å². The molecule has 0 aliphatic carbocycles. The van der Waals surface area contributed by atoms with Gasteiger partial charge in [0, 0.05) is 12.6 Å². The van der Waals surface area contributed by atoms with Crippen molar-refractivity contribution in [2.75, 3.05) is 6.54 Å². The number of thiazole rings is 1. The van der Waals surface area contributed by atoms with Crippen molar-refractivity contribution in [1.29, 1.82) is 0 Å². The lowest BCUT2D eigenvalue weighted by atomic mass is 9.89. The van der Waals surface area contributed by atoms with Gasteiger partial charge in [0.15, 0.2) is 0 Å². The fraction of sp³-hybridized carbons (Fsp3) is 0.412. The Balaban J connectivity index is 1.94. The van der Waals surface area contributed by atoms with Crippen LogP contribution in [0.25, 0.3) is 16.3 Å². The number of benzene rings is 1. The van der Waals surface area contributed by atoms with Gasteiger partial charge in [-0.25, -0.2) is 4.98 Å². The number of amides is 1. The Hall–Kier alpha value is -1.72. The minimum atomic E-state index is -0.895. The third kappa shape index (κ3) is 4.15. The highest BCUT2D eigenvalue weighted by Gasteiger charge is 2.27. The molecule has 22 heavy (non-hydrogen) atoms. The molecule has 2 atom stereocenters. The Kier molecular flexibility index (Phi) is 5.32. The topological polar surface area (TPSA) is 62.2 Å². The Morgan fingerprint density at radius 2 is 2.23 bits per heavy atom. The summed E-state index contributed by atoms with van der Waals surface area (Å²) in [6.45, 7) is 5.99. The summed E-state index contributed by atoms with van der Waals surface area (Å²) in [4.78, 5) is 16.3. The van der Waals surface area contributed by atoms with Gasteiger partial charge in [-0.05, 0) is 31.1 Å². The maximum absolute atomic E-state index is 11.9. The van der Waals surface area contributed by atoms with Crippen molar-refractivity contribution >= 4 is 33.5 Å². The second-order valence-electron chi connectivity index (χ2n) is 5.74. The molecule has 5 heteroatoms. The van der Waals surface area contributed by atoms with Crippen LogP contribution in [0.2, 0.25) is 0 Å². The second-order valence-corrected chi connectivity index (χ2v) is 6.80. The van der Waals surface area contributed by atoms with Crippen LogP contribution in [0.3, 0.4) is 0 Å². The normalized spacial score (nSPS) is 15.8. The van der Waals surface area contributed by atoms with E-state index in [1.165, 1.54) is 6.08 Å². The molecule has 1 heterocycles. The number of aliphatic hydroxyl groups is 1. The molecule has 0 aliphatic heterocycles. The van der Waals surface area contributed by atoms with Crippen LogP contribution in [0.1, 0.15) is 32.2 Å². The zero-order valence-electron chi connectivity index (χ0n) is 13.2. The first-order valence-electron chi connectivity index (χ1n) is 7.46. The molecule has 2 N–H and O–H groups in total. The quantitative estimate of drug-likeness (QED) is 0.804. The molecule has 2 unspecified atom stereocenters. The fourth-order valence-corrected chi connectivity index (χ4v) is 2.92. The van der Waals surface area contributed by atoms with Crippen LogP contribution in [0.15, 0.2) is 30.3 Å². The molecule has 118 valence electrons. The van der Waals surface area contributed by atoms with E-state index in [0.29, 0.717) is 0 Å². The van der Waals surface area contributed by atoms with E-state index in [2.05, 4.69) is 10.3 Å². The van der Waals surface area contributed by atoms with Gasteiger partial charge in [-0.15, -0.1) is 11.3 Å². The molecule has 0 bridgehead atoms. The third-order valence-corrected chi connectivity index (χ3v) is 4.98. The van der Waals surface area contributed by atoms with Gasteiger partial charge < -0.3 is 10.4 Å². The molecule has 1 aromatic heterocycles.